The summed E-state index contributed by atoms with van der Waals surface area (Å²) in [6.45, 7) is 4.75. The molecule has 2 fully saturated rings. The van der Waals surface area contributed by atoms with Crippen molar-refractivity contribution in [3.8, 4) is 0 Å². The van der Waals surface area contributed by atoms with E-state index in [1.54, 1.807) is 11.3 Å². The van der Waals surface area contributed by atoms with Crippen LogP contribution in [0.5, 0.6) is 0 Å². The Morgan fingerprint density at radius 2 is 2.12 bits per heavy atom. The van der Waals surface area contributed by atoms with Gasteiger partial charge in [0.05, 0.1) is 5.69 Å². The number of piperidine rings is 1. The molecule has 136 valence electrons. The fourth-order valence-corrected chi connectivity index (χ4v) is 4.77. The van der Waals surface area contributed by atoms with Gasteiger partial charge in [0.25, 0.3) is 5.91 Å². The Labute approximate surface area is 153 Å². The maximum Gasteiger partial charge on any atom is 0.274 e. The van der Waals surface area contributed by atoms with Crippen LogP contribution < -0.4 is 0 Å². The van der Waals surface area contributed by atoms with Crippen LogP contribution in [0.3, 0.4) is 0 Å². The number of likely N-dealkylation sites (N-methyl/N-ethyl adjacent to an activating group) is 2. The second-order valence-electron chi connectivity index (χ2n) is 7.44. The third-order valence-corrected chi connectivity index (χ3v) is 6.35. The third-order valence-electron chi connectivity index (χ3n) is 5.60. The lowest BCUT2D eigenvalue weighted by Crippen LogP contribution is -2.37. The van der Waals surface area contributed by atoms with Gasteiger partial charge in [-0.25, -0.2) is 4.98 Å². The maximum atomic E-state index is 13.1. The molecule has 2 aliphatic rings. The number of imidazole rings is 1. The van der Waals surface area contributed by atoms with Gasteiger partial charge in [-0.3, -0.25) is 14.1 Å². The van der Waals surface area contributed by atoms with E-state index < -0.39 is 0 Å². The van der Waals surface area contributed by atoms with E-state index >= 15 is 0 Å². The first kappa shape index (κ1) is 17.0. The van der Waals surface area contributed by atoms with Gasteiger partial charge in [0.2, 0.25) is 0 Å². The number of likely N-dealkylation sites (tertiary alicyclic amines) is 2. The number of carbonyl (C=O) groups is 1. The van der Waals surface area contributed by atoms with Crippen LogP contribution >= 0.6 is 11.3 Å². The topological polar surface area (TPSA) is 44.1 Å². The van der Waals surface area contributed by atoms with Crippen molar-refractivity contribution in [3.05, 3.63) is 23.0 Å². The van der Waals surface area contributed by atoms with Crippen molar-refractivity contribution in [1.29, 1.82) is 0 Å². The molecule has 0 spiro atoms. The number of nitrogens with zero attached hydrogens (tertiary/aromatic N) is 5. The molecule has 6 nitrogen and oxygen atoms in total. The fourth-order valence-electron chi connectivity index (χ4n) is 4.04. The highest BCUT2D eigenvalue weighted by Gasteiger charge is 2.29. The highest BCUT2D eigenvalue weighted by Crippen LogP contribution is 2.23. The molecule has 2 aromatic rings. The normalized spacial score (nSPS) is 22.4. The van der Waals surface area contributed by atoms with Crippen molar-refractivity contribution < 1.29 is 4.79 Å². The SMILES string of the molecule is CN1CC[C@H](N(C)Cc2c(C(=O)N3CCCCC3)nc3sccn23)C1. The zero-order valence-electron chi connectivity index (χ0n) is 15.1. The molecule has 0 N–H and O–H groups in total. The molecule has 4 rings (SSSR count). The van der Waals surface area contributed by atoms with Crippen molar-refractivity contribution in [2.24, 2.45) is 0 Å². The van der Waals surface area contributed by atoms with Gasteiger partial charge >= 0.3 is 0 Å². The lowest BCUT2D eigenvalue weighted by molar-refractivity contribution is 0.0716. The lowest BCUT2D eigenvalue weighted by atomic mass is 10.1. The van der Waals surface area contributed by atoms with E-state index in [9.17, 15) is 4.79 Å². The first-order chi connectivity index (χ1) is 12.1. The van der Waals surface area contributed by atoms with Crippen LogP contribution in [0.25, 0.3) is 4.96 Å². The third kappa shape index (κ3) is 3.32. The quantitative estimate of drug-likeness (QED) is 0.837. The van der Waals surface area contributed by atoms with Crippen LogP contribution in [-0.2, 0) is 6.54 Å². The molecule has 2 aliphatic heterocycles. The van der Waals surface area contributed by atoms with Crippen molar-refractivity contribution in [1.82, 2.24) is 24.1 Å². The summed E-state index contributed by atoms with van der Waals surface area (Å²) in [6.07, 6.45) is 6.68. The molecule has 4 heterocycles. The fraction of sp³-hybridized carbons (Fsp3) is 0.667. The Balaban J connectivity index is 1.60. The number of carbonyl (C=O) groups excluding carboxylic acids is 1. The molecule has 1 atom stereocenters. The number of fused-ring (bicyclic) bond motifs is 1. The summed E-state index contributed by atoms with van der Waals surface area (Å²) in [7, 11) is 4.35. The zero-order chi connectivity index (χ0) is 17.4. The average molecular weight is 362 g/mol. The summed E-state index contributed by atoms with van der Waals surface area (Å²) < 4.78 is 2.11. The Kier molecular flexibility index (Phi) is 4.80. The van der Waals surface area contributed by atoms with Crippen molar-refractivity contribution in [3.63, 3.8) is 0 Å². The van der Waals surface area contributed by atoms with Gasteiger partial charge in [0.1, 0.15) is 0 Å². The molecule has 0 saturated carbocycles. The van der Waals surface area contributed by atoms with Crippen LogP contribution in [0.4, 0.5) is 0 Å². The number of thiazole rings is 1. The number of rotatable bonds is 4. The number of hydrogen-bond acceptors (Lipinski definition) is 5. The first-order valence-electron chi connectivity index (χ1n) is 9.26. The van der Waals surface area contributed by atoms with E-state index in [1.165, 1.54) is 12.8 Å². The molecule has 2 aromatic heterocycles. The standard InChI is InChI=1S/C18H27N5OS/c1-20-9-6-14(12-20)21(2)13-15-16(19-18-23(15)10-11-25-18)17(24)22-7-4-3-5-8-22/h10-11,14H,3-9,12-13H2,1-2H3/t14-/m0/s1. The van der Waals surface area contributed by atoms with Gasteiger partial charge in [0.15, 0.2) is 10.7 Å². The Bertz CT molecular complexity index is 748. The summed E-state index contributed by atoms with van der Waals surface area (Å²) in [5.41, 5.74) is 1.70. The highest BCUT2D eigenvalue weighted by molar-refractivity contribution is 7.15. The number of amides is 1. The van der Waals surface area contributed by atoms with Gasteiger partial charge in [-0.1, -0.05) is 0 Å². The smallest absolute Gasteiger partial charge is 0.274 e. The van der Waals surface area contributed by atoms with Crippen LogP contribution in [0.1, 0.15) is 41.9 Å². The summed E-state index contributed by atoms with van der Waals surface area (Å²) in [5, 5.41) is 2.05. The van der Waals surface area contributed by atoms with Crippen molar-refractivity contribution in [2.75, 3.05) is 40.3 Å². The lowest BCUT2D eigenvalue weighted by Gasteiger charge is -2.27. The van der Waals surface area contributed by atoms with Gasteiger partial charge in [-0.15, -0.1) is 11.3 Å². The predicted molar refractivity (Wildman–Crippen MR) is 100 cm³/mol. The average Bonchev–Trinajstić information content (AvgIpc) is 3.32. The minimum atomic E-state index is 0.113. The second-order valence-corrected chi connectivity index (χ2v) is 8.31. The van der Waals surface area contributed by atoms with Crippen LogP contribution in [-0.4, -0.2) is 76.3 Å². The predicted octanol–water partition coefficient (Wildman–Crippen LogP) is 2.16. The minimum Gasteiger partial charge on any atom is -0.337 e. The number of aromatic nitrogens is 2. The maximum absolute atomic E-state index is 13.1. The molecule has 7 heteroatoms. The van der Waals surface area contributed by atoms with E-state index in [-0.39, 0.29) is 5.91 Å². The molecule has 0 bridgehead atoms. The van der Waals surface area contributed by atoms with Gasteiger partial charge in [0, 0.05) is 43.8 Å². The largest absolute Gasteiger partial charge is 0.337 e. The van der Waals surface area contributed by atoms with Crippen molar-refractivity contribution >= 4 is 22.2 Å². The van der Waals surface area contributed by atoms with Crippen LogP contribution in [0, 0.1) is 0 Å². The van der Waals surface area contributed by atoms with Gasteiger partial charge in [-0.05, 0) is 46.3 Å². The molecular weight excluding hydrogens is 334 g/mol. The molecule has 0 aliphatic carbocycles. The van der Waals surface area contributed by atoms with E-state index in [0.29, 0.717) is 11.7 Å². The first-order valence-corrected chi connectivity index (χ1v) is 10.1. The van der Waals surface area contributed by atoms with Gasteiger partial charge in [-0.2, -0.15) is 0 Å². The molecule has 0 radical (unpaired) electrons. The van der Waals surface area contributed by atoms with E-state index in [1.807, 2.05) is 16.5 Å². The Morgan fingerprint density at radius 3 is 2.84 bits per heavy atom. The second kappa shape index (κ2) is 7.05. The molecule has 1 amide bonds. The Hall–Kier alpha value is -1.44. The molecule has 25 heavy (non-hydrogen) atoms. The van der Waals surface area contributed by atoms with E-state index in [2.05, 4.69) is 28.3 Å². The summed E-state index contributed by atoms with van der Waals surface area (Å²) in [5.74, 6) is 0.113. The summed E-state index contributed by atoms with van der Waals surface area (Å²) in [4.78, 5) is 25.4. The van der Waals surface area contributed by atoms with Crippen LogP contribution in [0.15, 0.2) is 11.6 Å². The highest BCUT2D eigenvalue weighted by atomic mass is 32.1. The molecule has 0 unspecified atom stereocenters. The van der Waals surface area contributed by atoms with E-state index in [4.69, 9.17) is 4.98 Å². The minimum absolute atomic E-state index is 0.113. The monoisotopic (exact) mass is 361 g/mol. The summed E-state index contributed by atoms with van der Waals surface area (Å²) in [6, 6.07) is 0.548. The van der Waals surface area contributed by atoms with Crippen LogP contribution in [0.2, 0.25) is 0 Å². The number of hydrogen-bond donors (Lipinski definition) is 0. The zero-order valence-corrected chi connectivity index (χ0v) is 16.0. The Morgan fingerprint density at radius 1 is 1.32 bits per heavy atom. The molecular formula is C18H27N5OS. The molecule has 2 saturated heterocycles. The van der Waals surface area contributed by atoms with Gasteiger partial charge < -0.3 is 9.80 Å². The van der Waals surface area contributed by atoms with E-state index in [0.717, 1.165) is 56.2 Å². The van der Waals surface area contributed by atoms with Crippen molar-refractivity contribution in [2.45, 2.75) is 38.3 Å². The molecule has 0 aromatic carbocycles. The summed E-state index contributed by atoms with van der Waals surface area (Å²) >= 11 is 1.60.